The summed E-state index contributed by atoms with van der Waals surface area (Å²) in [6.07, 6.45) is 2.59. The van der Waals surface area contributed by atoms with E-state index >= 15 is 0 Å². The average Bonchev–Trinajstić information content (AvgIpc) is 2.20. The molecule has 0 unspecified atom stereocenters. The number of aromatic nitrogens is 1. The normalized spacial score (nSPS) is 8.54. The van der Waals surface area contributed by atoms with Crippen LogP contribution >= 0.6 is 11.6 Å². The lowest BCUT2D eigenvalue weighted by Gasteiger charge is -2.04. The molecule has 0 aliphatic rings. The van der Waals surface area contributed by atoms with E-state index in [0.29, 0.717) is 5.02 Å². The summed E-state index contributed by atoms with van der Waals surface area (Å²) >= 11 is 5.76. The zero-order chi connectivity index (χ0) is 10.3. The SMILES string of the molecule is C=C.CCc1cc(Cl)cnc1NC. The van der Waals surface area contributed by atoms with Crippen LogP contribution in [0.4, 0.5) is 5.82 Å². The number of halogens is 1. The maximum Gasteiger partial charge on any atom is 0.128 e. The van der Waals surface area contributed by atoms with Gasteiger partial charge in [-0.1, -0.05) is 18.5 Å². The molecule has 0 aliphatic heterocycles. The molecule has 72 valence electrons. The Morgan fingerprint density at radius 2 is 2.15 bits per heavy atom. The molecule has 1 aromatic heterocycles. The van der Waals surface area contributed by atoms with Crippen molar-refractivity contribution in [2.75, 3.05) is 12.4 Å². The van der Waals surface area contributed by atoms with Gasteiger partial charge in [-0.3, -0.25) is 0 Å². The van der Waals surface area contributed by atoms with Gasteiger partial charge in [0.1, 0.15) is 5.82 Å². The highest BCUT2D eigenvalue weighted by atomic mass is 35.5. The third kappa shape index (κ3) is 3.47. The van der Waals surface area contributed by atoms with Crippen molar-refractivity contribution in [1.82, 2.24) is 4.98 Å². The lowest BCUT2D eigenvalue weighted by molar-refractivity contribution is 1.10. The van der Waals surface area contributed by atoms with Crippen LogP contribution in [-0.2, 0) is 6.42 Å². The molecular formula is C10H15ClN2. The first kappa shape index (κ1) is 12.0. The standard InChI is InChI=1S/C8H11ClN2.C2H4/c1-3-6-4-7(9)5-11-8(6)10-2;1-2/h4-5H,3H2,1-2H3,(H,10,11);1-2H2. The first-order chi connectivity index (χ1) is 6.27. The van der Waals surface area contributed by atoms with Gasteiger partial charge in [0.15, 0.2) is 0 Å². The lowest BCUT2D eigenvalue weighted by Crippen LogP contribution is -1.96. The molecule has 0 saturated heterocycles. The summed E-state index contributed by atoms with van der Waals surface area (Å²) < 4.78 is 0. The quantitative estimate of drug-likeness (QED) is 0.739. The highest BCUT2D eigenvalue weighted by Gasteiger charge is 1.99. The van der Waals surface area contributed by atoms with Gasteiger partial charge < -0.3 is 5.32 Å². The van der Waals surface area contributed by atoms with Gasteiger partial charge in [0.2, 0.25) is 0 Å². The highest BCUT2D eigenvalue weighted by Crippen LogP contribution is 2.16. The van der Waals surface area contributed by atoms with Gasteiger partial charge in [-0.15, -0.1) is 13.2 Å². The number of nitrogens with zero attached hydrogens (tertiary/aromatic N) is 1. The molecule has 0 spiro atoms. The van der Waals surface area contributed by atoms with Crippen molar-refractivity contribution >= 4 is 17.4 Å². The molecule has 1 rings (SSSR count). The van der Waals surface area contributed by atoms with E-state index in [0.717, 1.165) is 17.8 Å². The largest absolute Gasteiger partial charge is 0.373 e. The molecule has 0 radical (unpaired) electrons. The number of anilines is 1. The Hall–Kier alpha value is -1.02. The molecule has 1 N–H and O–H groups in total. The molecular weight excluding hydrogens is 184 g/mol. The van der Waals surface area contributed by atoms with Crippen molar-refractivity contribution in [3.05, 3.63) is 36.0 Å². The number of hydrogen-bond acceptors (Lipinski definition) is 2. The van der Waals surface area contributed by atoms with E-state index < -0.39 is 0 Å². The fraction of sp³-hybridized carbons (Fsp3) is 0.300. The van der Waals surface area contributed by atoms with Gasteiger partial charge in [0.25, 0.3) is 0 Å². The molecule has 0 bridgehead atoms. The van der Waals surface area contributed by atoms with Crippen LogP contribution in [0.2, 0.25) is 5.02 Å². The second kappa shape index (κ2) is 6.49. The second-order valence-electron chi connectivity index (χ2n) is 2.26. The number of aryl methyl sites for hydroxylation is 1. The predicted octanol–water partition coefficient (Wildman–Crippen LogP) is 3.14. The van der Waals surface area contributed by atoms with Gasteiger partial charge in [-0.25, -0.2) is 4.98 Å². The van der Waals surface area contributed by atoms with Gasteiger partial charge in [-0.2, -0.15) is 0 Å². The number of rotatable bonds is 2. The van der Waals surface area contributed by atoms with Crippen LogP contribution in [-0.4, -0.2) is 12.0 Å². The average molecular weight is 199 g/mol. The number of pyridine rings is 1. The summed E-state index contributed by atoms with van der Waals surface area (Å²) in [5.41, 5.74) is 1.15. The molecule has 3 heteroatoms. The van der Waals surface area contributed by atoms with Crippen LogP contribution in [0.5, 0.6) is 0 Å². The van der Waals surface area contributed by atoms with Crippen LogP contribution in [0.3, 0.4) is 0 Å². The highest BCUT2D eigenvalue weighted by molar-refractivity contribution is 6.30. The van der Waals surface area contributed by atoms with E-state index in [9.17, 15) is 0 Å². The summed E-state index contributed by atoms with van der Waals surface area (Å²) in [5.74, 6) is 0.914. The smallest absolute Gasteiger partial charge is 0.128 e. The van der Waals surface area contributed by atoms with Crippen molar-refractivity contribution in [3.8, 4) is 0 Å². The third-order valence-electron chi connectivity index (χ3n) is 1.55. The van der Waals surface area contributed by atoms with Gasteiger partial charge >= 0.3 is 0 Å². The van der Waals surface area contributed by atoms with Gasteiger partial charge in [0, 0.05) is 13.2 Å². The predicted molar refractivity (Wildman–Crippen MR) is 59.4 cm³/mol. The second-order valence-corrected chi connectivity index (χ2v) is 2.70. The monoisotopic (exact) mass is 198 g/mol. The first-order valence-electron chi connectivity index (χ1n) is 4.10. The van der Waals surface area contributed by atoms with Gasteiger partial charge in [-0.05, 0) is 18.1 Å². The topological polar surface area (TPSA) is 24.9 Å². The Labute approximate surface area is 84.6 Å². The first-order valence-corrected chi connectivity index (χ1v) is 4.48. The molecule has 2 nitrogen and oxygen atoms in total. The summed E-state index contributed by atoms with van der Waals surface area (Å²) in [7, 11) is 1.86. The molecule has 0 aromatic carbocycles. The van der Waals surface area contributed by atoms with Crippen LogP contribution in [0.1, 0.15) is 12.5 Å². The fourth-order valence-electron chi connectivity index (χ4n) is 0.976. The molecule has 0 atom stereocenters. The lowest BCUT2D eigenvalue weighted by atomic mass is 10.2. The molecule has 1 heterocycles. The van der Waals surface area contributed by atoms with Crippen molar-refractivity contribution < 1.29 is 0 Å². The molecule has 13 heavy (non-hydrogen) atoms. The molecule has 1 aromatic rings. The van der Waals surface area contributed by atoms with E-state index in [1.807, 2.05) is 13.1 Å². The van der Waals surface area contributed by atoms with E-state index in [2.05, 4.69) is 30.4 Å². The van der Waals surface area contributed by atoms with Crippen LogP contribution in [0.15, 0.2) is 25.4 Å². The minimum absolute atomic E-state index is 0.695. The summed E-state index contributed by atoms with van der Waals surface area (Å²) in [4.78, 5) is 4.12. The van der Waals surface area contributed by atoms with E-state index in [4.69, 9.17) is 11.6 Å². The molecule has 0 amide bonds. The van der Waals surface area contributed by atoms with E-state index in [1.54, 1.807) is 6.20 Å². The summed E-state index contributed by atoms with van der Waals surface area (Å²) in [6.45, 7) is 8.08. The molecule has 0 aliphatic carbocycles. The maximum atomic E-state index is 5.76. The van der Waals surface area contributed by atoms with Crippen LogP contribution in [0, 0.1) is 0 Å². The Balaban J connectivity index is 0.000000671. The Kier molecular flexibility index (Phi) is 5.98. The maximum absolute atomic E-state index is 5.76. The van der Waals surface area contributed by atoms with Crippen molar-refractivity contribution in [2.24, 2.45) is 0 Å². The van der Waals surface area contributed by atoms with Crippen molar-refractivity contribution in [3.63, 3.8) is 0 Å². The zero-order valence-corrected chi connectivity index (χ0v) is 8.86. The van der Waals surface area contributed by atoms with Gasteiger partial charge in [0.05, 0.1) is 5.02 Å². The summed E-state index contributed by atoms with van der Waals surface area (Å²) in [5, 5.41) is 3.70. The van der Waals surface area contributed by atoms with Crippen molar-refractivity contribution in [2.45, 2.75) is 13.3 Å². The minimum atomic E-state index is 0.695. The third-order valence-corrected chi connectivity index (χ3v) is 1.76. The molecule has 0 fully saturated rings. The zero-order valence-electron chi connectivity index (χ0n) is 8.10. The summed E-state index contributed by atoms with van der Waals surface area (Å²) in [6, 6.07) is 1.93. The van der Waals surface area contributed by atoms with E-state index in [1.165, 1.54) is 0 Å². The Morgan fingerprint density at radius 3 is 2.62 bits per heavy atom. The van der Waals surface area contributed by atoms with E-state index in [-0.39, 0.29) is 0 Å². The Bertz CT molecular complexity index is 261. The number of nitrogens with one attached hydrogen (secondary N) is 1. The number of hydrogen-bond donors (Lipinski definition) is 1. The van der Waals surface area contributed by atoms with Crippen LogP contribution < -0.4 is 5.32 Å². The van der Waals surface area contributed by atoms with Crippen LogP contribution in [0.25, 0.3) is 0 Å². The fourth-order valence-corrected chi connectivity index (χ4v) is 1.16. The minimum Gasteiger partial charge on any atom is -0.373 e. The van der Waals surface area contributed by atoms with Crippen molar-refractivity contribution in [1.29, 1.82) is 0 Å². The molecule has 0 saturated carbocycles. The Morgan fingerprint density at radius 1 is 1.54 bits per heavy atom.